The molecule has 0 saturated heterocycles. The number of nitrogens with zero attached hydrogens (tertiary/aromatic N) is 5. The van der Waals surface area contributed by atoms with Crippen molar-refractivity contribution in [3.8, 4) is 56.3 Å². The zero-order chi connectivity index (χ0) is 31.2. The predicted molar refractivity (Wildman–Crippen MR) is 191 cm³/mol. The molecule has 47 heavy (non-hydrogen) atoms. The lowest BCUT2D eigenvalue weighted by molar-refractivity contribution is 1.18. The van der Waals surface area contributed by atoms with Gasteiger partial charge in [-0.3, -0.25) is 4.40 Å². The van der Waals surface area contributed by atoms with E-state index in [9.17, 15) is 0 Å². The molecule has 0 aliphatic carbocycles. The maximum Gasteiger partial charge on any atom is 0.160 e. The van der Waals surface area contributed by atoms with Crippen molar-refractivity contribution in [3.05, 3.63) is 164 Å². The molecule has 0 N–H and O–H groups in total. The molecule has 220 valence electrons. The number of aromatic nitrogens is 5. The van der Waals surface area contributed by atoms with E-state index in [2.05, 4.69) is 114 Å². The summed E-state index contributed by atoms with van der Waals surface area (Å²) in [4.78, 5) is 20.2. The highest BCUT2D eigenvalue weighted by molar-refractivity contribution is 6.09. The van der Waals surface area contributed by atoms with Crippen molar-refractivity contribution in [1.29, 1.82) is 0 Å². The van der Waals surface area contributed by atoms with E-state index in [1.165, 1.54) is 11.1 Å². The molecular formula is C42H27N5. The number of hydrogen-bond donors (Lipinski definition) is 0. The van der Waals surface area contributed by atoms with E-state index in [1.54, 1.807) is 0 Å². The average molecular weight is 602 g/mol. The number of benzene rings is 5. The van der Waals surface area contributed by atoms with Crippen LogP contribution in [0.2, 0.25) is 0 Å². The number of rotatable bonds is 5. The summed E-state index contributed by atoms with van der Waals surface area (Å²) in [6.45, 7) is 0. The second-order valence-corrected chi connectivity index (χ2v) is 11.6. The van der Waals surface area contributed by atoms with Crippen LogP contribution in [0, 0.1) is 0 Å². The van der Waals surface area contributed by atoms with Crippen LogP contribution < -0.4 is 0 Å². The Bertz CT molecular complexity index is 2540. The quantitative estimate of drug-likeness (QED) is 0.197. The van der Waals surface area contributed by atoms with Crippen LogP contribution in [0.5, 0.6) is 0 Å². The Morgan fingerprint density at radius 2 is 0.957 bits per heavy atom. The van der Waals surface area contributed by atoms with Gasteiger partial charge in [-0.15, -0.1) is 0 Å². The van der Waals surface area contributed by atoms with E-state index in [0.29, 0.717) is 5.82 Å². The largest absolute Gasteiger partial charge is 0.298 e. The summed E-state index contributed by atoms with van der Waals surface area (Å²) in [5.41, 5.74) is 12.8. The molecule has 4 aromatic heterocycles. The predicted octanol–water partition coefficient (Wildman–Crippen LogP) is 10.2. The molecule has 0 amide bonds. The van der Waals surface area contributed by atoms with Crippen LogP contribution >= 0.6 is 0 Å². The molecule has 0 saturated carbocycles. The Hall–Kier alpha value is -6.46. The van der Waals surface area contributed by atoms with Crippen molar-refractivity contribution in [3.63, 3.8) is 0 Å². The van der Waals surface area contributed by atoms with Crippen molar-refractivity contribution in [2.75, 3.05) is 0 Å². The average Bonchev–Trinajstić information content (AvgIpc) is 3.55. The van der Waals surface area contributed by atoms with Crippen LogP contribution in [0.4, 0.5) is 0 Å². The Kier molecular flexibility index (Phi) is 6.39. The first kappa shape index (κ1) is 26.9. The minimum Gasteiger partial charge on any atom is -0.298 e. The van der Waals surface area contributed by atoms with Crippen LogP contribution in [0.25, 0.3) is 83.9 Å². The van der Waals surface area contributed by atoms with Crippen molar-refractivity contribution in [2.45, 2.75) is 0 Å². The summed E-state index contributed by atoms with van der Waals surface area (Å²) in [5.74, 6) is 0.693. The summed E-state index contributed by atoms with van der Waals surface area (Å²) in [6.07, 6.45) is 2.05. The van der Waals surface area contributed by atoms with Gasteiger partial charge in [0.1, 0.15) is 11.2 Å². The first-order valence-corrected chi connectivity index (χ1v) is 15.7. The van der Waals surface area contributed by atoms with Gasteiger partial charge in [-0.2, -0.15) is 0 Å². The third-order valence-corrected chi connectivity index (χ3v) is 8.65. The topological polar surface area (TPSA) is 56.0 Å². The first-order valence-electron chi connectivity index (χ1n) is 15.7. The van der Waals surface area contributed by atoms with Crippen LogP contribution in [0.3, 0.4) is 0 Å². The Labute approximate surface area is 271 Å². The molecule has 0 unspecified atom stereocenters. The van der Waals surface area contributed by atoms with Gasteiger partial charge < -0.3 is 0 Å². The normalized spacial score (nSPS) is 11.4. The lowest BCUT2D eigenvalue weighted by Gasteiger charge is -2.11. The van der Waals surface area contributed by atoms with Gasteiger partial charge in [-0.1, -0.05) is 133 Å². The van der Waals surface area contributed by atoms with E-state index < -0.39 is 0 Å². The fraction of sp³-hybridized carbons (Fsp3) is 0. The second-order valence-electron chi connectivity index (χ2n) is 11.6. The standard InChI is InChI=1S/C42H27N5/c1-3-11-28(12-4-1)29-18-20-30(21-19-29)36-27-37(45-42(44-36)33-13-5-2-6-14-33)31-22-24-32(25-23-31)39-41-40(34-15-7-8-16-35(34)43-39)46-38-17-9-10-26-47(38)41/h1-27H. The van der Waals surface area contributed by atoms with Crippen LogP contribution in [-0.2, 0) is 0 Å². The van der Waals surface area contributed by atoms with Crippen molar-refractivity contribution in [2.24, 2.45) is 0 Å². The molecule has 0 aliphatic heterocycles. The minimum atomic E-state index is 0.693. The third kappa shape index (κ3) is 4.82. The third-order valence-electron chi connectivity index (χ3n) is 8.65. The zero-order valence-corrected chi connectivity index (χ0v) is 25.3. The fourth-order valence-corrected chi connectivity index (χ4v) is 6.28. The Morgan fingerprint density at radius 3 is 1.66 bits per heavy atom. The number of hydrogen-bond acceptors (Lipinski definition) is 4. The van der Waals surface area contributed by atoms with Gasteiger partial charge in [-0.05, 0) is 35.4 Å². The monoisotopic (exact) mass is 601 g/mol. The van der Waals surface area contributed by atoms with Crippen LogP contribution in [0.1, 0.15) is 0 Å². The molecule has 0 spiro atoms. The lowest BCUT2D eigenvalue weighted by atomic mass is 10.0. The number of fused-ring (bicyclic) bond motifs is 5. The summed E-state index contributed by atoms with van der Waals surface area (Å²) >= 11 is 0. The van der Waals surface area contributed by atoms with Crippen molar-refractivity contribution >= 4 is 27.6 Å². The SMILES string of the molecule is c1ccc(-c2ccc(-c3cc(-c4ccc(-c5nc6ccccc6c6nc7ccccn7c56)cc4)nc(-c4ccccc4)n3)cc2)cc1. The van der Waals surface area contributed by atoms with Gasteiger partial charge in [0, 0.05) is 33.8 Å². The highest BCUT2D eigenvalue weighted by atomic mass is 15.0. The molecule has 5 nitrogen and oxygen atoms in total. The first-order chi connectivity index (χ1) is 23.3. The minimum absolute atomic E-state index is 0.693. The van der Waals surface area contributed by atoms with E-state index in [4.69, 9.17) is 19.9 Å². The molecule has 0 radical (unpaired) electrons. The van der Waals surface area contributed by atoms with Gasteiger partial charge in [0.2, 0.25) is 0 Å². The maximum atomic E-state index is 5.15. The van der Waals surface area contributed by atoms with E-state index in [0.717, 1.165) is 66.9 Å². The molecule has 5 aromatic carbocycles. The van der Waals surface area contributed by atoms with E-state index in [-0.39, 0.29) is 0 Å². The van der Waals surface area contributed by atoms with Crippen molar-refractivity contribution in [1.82, 2.24) is 24.3 Å². The number of imidazole rings is 1. The van der Waals surface area contributed by atoms with Gasteiger partial charge >= 0.3 is 0 Å². The van der Waals surface area contributed by atoms with Crippen molar-refractivity contribution < 1.29 is 0 Å². The summed E-state index contributed by atoms with van der Waals surface area (Å²) in [5, 5.41) is 1.05. The molecule has 5 heteroatoms. The summed E-state index contributed by atoms with van der Waals surface area (Å²) in [6, 6.07) is 54.0. The van der Waals surface area contributed by atoms with Crippen LogP contribution in [0.15, 0.2) is 164 Å². The summed E-state index contributed by atoms with van der Waals surface area (Å²) < 4.78 is 2.13. The molecule has 9 rings (SSSR count). The van der Waals surface area contributed by atoms with Gasteiger partial charge in [0.05, 0.1) is 28.1 Å². The molecule has 0 aliphatic rings. The van der Waals surface area contributed by atoms with Gasteiger partial charge in [0.25, 0.3) is 0 Å². The molecule has 4 heterocycles. The molecule has 0 bridgehead atoms. The molecular weight excluding hydrogens is 574 g/mol. The lowest BCUT2D eigenvalue weighted by Crippen LogP contribution is -1.96. The molecule has 0 fully saturated rings. The Morgan fingerprint density at radius 1 is 0.404 bits per heavy atom. The second kappa shape index (κ2) is 11.2. The highest BCUT2D eigenvalue weighted by Crippen LogP contribution is 2.35. The Balaban J connectivity index is 1.16. The smallest absolute Gasteiger partial charge is 0.160 e. The van der Waals surface area contributed by atoms with Gasteiger partial charge in [-0.25, -0.2) is 19.9 Å². The van der Waals surface area contributed by atoms with Crippen LogP contribution in [-0.4, -0.2) is 24.3 Å². The number of para-hydroxylation sites is 1. The summed E-state index contributed by atoms with van der Waals surface area (Å²) in [7, 11) is 0. The maximum absolute atomic E-state index is 5.15. The van der Waals surface area contributed by atoms with Gasteiger partial charge in [0.15, 0.2) is 5.82 Å². The van der Waals surface area contributed by atoms with E-state index >= 15 is 0 Å². The zero-order valence-electron chi connectivity index (χ0n) is 25.3. The molecule has 9 aromatic rings. The fourth-order valence-electron chi connectivity index (χ4n) is 6.28. The highest BCUT2D eigenvalue weighted by Gasteiger charge is 2.17. The molecule has 0 atom stereocenters. The van der Waals surface area contributed by atoms with E-state index in [1.807, 2.05) is 54.6 Å². The number of pyridine rings is 2.